The van der Waals surface area contributed by atoms with Crippen molar-refractivity contribution in [3.05, 3.63) is 29.3 Å². The van der Waals surface area contributed by atoms with Crippen LogP contribution in [0.5, 0.6) is 0 Å². The Labute approximate surface area is 151 Å². The Kier molecular flexibility index (Phi) is 5.44. The average molecular weight is 361 g/mol. The molecule has 0 spiro atoms. The van der Waals surface area contributed by atoms with Crippen LogP contribution in [0.4, 0.5) is 0 Å². The maximum absolute atomic E-state index is 12.4. The van der Waals surface area contributed by atoms with Gasteiger partial charge in [-0.1, -0.05) is 17.8 Å². The molecule has 2 aromatic rings. The smallest absolute Gasteiger partial charge is 0.277 e. The summed E-state index contributed by atoms with van der Waals surface area (Å²) in [5, 5.41) is 8.54. The Balaban J connectivity index is 1.60. The maximum atomic E-state index is 12.4. The molecule has 3 rings (SSSR count). The molecule has 1 amide bonds. The van der Waals surface area contributed by atoms with Gasteiger partial charge >= 0.3 is 0 Å². The SMILES string of the molecule is Cc1ccc(-c2nnc(SCC(=O)N3CC(C)OC(C)C3)o2)cc1C. The topological polar surface area (TPSA) is 68.5 Å². The van der Waals surface area contributed by atoms with Gasteiger partial charge in [0.15, 0.2) is 0 Å². The fourth-order valence-corrected chi connectivity index (χ4v) is 3.52. The Bertz CT molecular complexity index is 752. The van der Waals surface area contributed by atoms with Crippen LogP contribution in [0.2, 0.25) is 0 Å². The summed E-state index contributed by atoms with van der Waals surface area (Å²) in [6, 6.07) is 6.02. The molecule has 0 radical (unpaired) electrons. The predicted octanol–water partition coefficient (Wildman–Crippen LogP) is 3.08. The van der Waals surface area contributed by atoms with E-state index in [1.807, 2.05) is 43.9 Å². The van der Waals surface area contributed by atoms with Gasteiger partial charge in [-0.2, -0.15) is 0 Å². The number of thioether (sulfide) groups is 1. The van der Waals surface area contributed by atoms with Gasteiger partial charge in [-0.3, -0.25) is 4.79 Å². The number of ether oxygens (including phenoxy) is 1. The van der Waals surface area contributed by atoms with Gasteiger partial charge in [0.05, 0.1) is 18.0 Å². The lowest BCUT2D eigenvalue weighted by Gasteiger charge is -2.35. The van der Waals surface area contributed by atoms with Gasteiger partial charge in [0.1, 0.15) is 0 Å². The first-order chi connectivity index (χ1) is 11.9. The van der Waals surface area contributed by atoms with Crippen molar-refractivity contribution < 1.29 is 13.9 Å². The number of amides is 1. The number of nitrogens with zero attached hydrogens (tertiary/aromatic N) is 3. The highest BCUT2D eigenvalue weighted by atomic mass is 32.2. The standard InChI is InChI=1S/C18H23N3O3S/c1-11-5-6-15(7-12(11)2)17-19-20-18(24-17)25-10-16(22)21-8-13(3)23-14(4)9-21/h5-7,13-14H,8-10H2,1-4H3. The third-order valence-electron chi connectivity index (χ3n) is 4.25. The van der Waals surface area contributed by atoms with Crippen molar-refractivity contribution in [2.45, 2.75) is 45.1 Å². The van der Waals surface area contributed by atoms with Crippen molar-refractivity contribution in [2.24, 2.45) is 0 Å². The van der Waals surface area contributed by atoms with Crippen LogP contribution in [0.15, 0.2) is 27.8 Å². The Hall–Kier alpha value is -1.86. The third-order valence-corrected chi connectivity index (χ3v) is 5.05. The second-order valence-corrected chi connectivity index (χ2v) is 7.44. The number of carbonyl (C=O) groups excluding carboxylic acids is 1. The highest BCUT2D eigenvalue weighted by Gasteiger charge is 2.26. The van der Waals surface area contributed by atoms with Gasteiger partial charge in [0.25, 0.3) is 5.22 Å². The van der Waals surface area contributed by atoms with E-state index < -0.39 is 0 Å². The molecule has 1 aliphatic heterocycles. The van der Waals surface area contributed by atoms with E-state index in [4.69, 9.17) is 9.15 Å². The van der Waals surface area contributed by atoms with E-state index in [-0.39, 0.29) is 23.9 Å². The van der Waals surface area contributed by atoms with Gasteiger partial charge in [-0.15, -0.1) is 10.2 Å². The number of rotatable bonds is 4. The number of aromatic nitrogens is 2. The summed E-state index contributed by atoms with van der Waals surface area (Å²) < 4.78 is 11.3. The first-order valence-electron chi connectivity index (χ1n) is 8.39. The molecule has 2 atom stereocenters. The van der Waals surface area contributed by atoms with E-state index in [9.17, 15) is 4.79 Å². The first kappa shape index (κ1) is 17.9. The molecule has 0 N–H and O–H groups in total. The van der Waals surface area contributed by atoms with E-state index >= 15 is 0 Å². The summed E-state index contributed by atoms with van der Waals surface area (Å²) in [5.41, 5.74) is 3.29. The minimum absolute atomic E-state index is 0.0671. The molecule has 1 aliphatic rings. The minimum Gasteiger partial charge on any atom is -0.411 e. The number of hydrogen-bond acceptors (Lipinski definition) is 6. The van der Waals surface area contributed by atoms with Crippen LogP contribution in [0, 0.1) is 13.8 Å². The molecule has 0 bridgehead atoms. The fourth-order valence-electron chi connectivity index (χ4n) is 2.86. The first-order valence-corrected chi connectivity index (χ1v) is 9.38. The highest BCUT2D eigenvalue weighted by Crippen LogP contribution is 2.25. The van der Waals surface area contributed by atoms with E-state index in [0.29, 0.717) is 24.2 Å². The lowest BCUT2D eigenvalue weighted by molar-refractivity contribution is -0.140. The molecule has 1 saturated heterocycles. The van der Waals surface area contributed by atoms with Crippen molar-refractivity contribution in [2.75, 3.05) is 18.8 Å². The molecule has 2 unspecified atom stereocenters. The summed E-state index contributed by atoms with van der Waals surface area (Å²) in [5.74, 6) is 0.832. The van der Waals surface area contributed by atoms with Crippen LogP contribution in [0.1, 0.15) is 25.0 Å². The van der Waals surface area contributed by atoms with E-state index in [0.717, 1.165) is 5.56 Å². The summed E-state index contributed by atoms with van der Waals surface area (Å²) in [6.07, 6.45) is 0.134. The Morgan fingerprint density at radius 3 is 2.60 bits per heavy atom. The molecule has 1 aromatic carbocycles. The fraction of sp³-hybridized carbons (Fsp3) is 0.500. The molecule has 134 valence electrons. The molecule has 7 heteroatoms. The monoisotopic (exact) mass is 361 g/mol. The van der Waals surface area contributed by atoms with Gasteiger partial charge in [-0.05, 0) is 51.0 Å². The largest absolute Gasteiger partial charge is 0.411 e. The number of hydrogen-bond donors (Lipinski definition) is 0. The molecule has 0 saturated carbocycles. The average Bonchev–Trinajstić information content (AvgIpc) is 3.03. The number of morpholine rings is 1. The lowest BCUT2D eigenvalue weighted by atomic mass is 10.1. The Morgan fingerprint density at radius 2 is 1.92 bits per heavy atom. The number of carbonyl (C=O) groups is 1. The van der Waals surface area contributed by atoms with Crippen molar-refractivity contribution in [1.29, 1.82) is 0 Å². The van der Waals surface area contributed by atoms with Gasteiger partial charge in [0.2, 0.25) is 11.8 Å². The van der Waals surface area contributed by atoms with Crippen LogP contribution < -0.4 is 0 Å². The molecular formula is C18H23N3O3S. The lowest BCUT2D eigenvalue weighted by Crippen LogP contribution is -2.48. The normalized spacial score (nSPS) is 20.7. The molecule has 2 heterocycles. The quantitative estimate of drug-likeness (QED) is 0.780. The van der Waals surface area contributed by atoms with Crippen LogP contribution in [-0.4, -0.2) is 52.1 Å². The van der Waals surface area contributed by atoms with E-state index in [2.05, 4.69) is 17.1 Å². The maximum Gasteiger partial charge on any atom is 0.277 e. The van der Waals surface area contributed by atoms with Crippen molar-refractivity contribution in [3.63, 3.8) is 0 Å². The zero-order chi connectivity index (χ0) is 18.0. The van der Waals surface area contributed by atoms with Crippen LogP contribution in [0.25, 0.3) is 11.5 Å². The molecular weight excluding hydrogens is 338 g/mol. The molecule has 0 aliphatic carbocycles. The highest BCUT2D eigenvalue weighted by molar-refractivity contribution is 7.99. The summed E-state index contributed by atoms with van der Waals surface area (Å²) >= 11 is 1.28. The van der Waals surface area contributed by atoms with Gasteiger partial charge < -0.3 is 14.1 Å². The van der Waals surface area contributed by atoms with E-state index in [1.54, 1.807) is 0 Å². The second kappa shape index (κ2) is 7.58. The summed E-state index contributed by atoms with van der Waals surface area (Å²) in [6.45, 7) is 9.33. The zero-order valence-corrected chi connectivity index (χ0v) is 15.8. The third kappa shape index (κ3) is 4.41. The number of benzene rings is 1. The zero-order valence-electron chi connectivity index (χ0n) is 15.0. The van der Waals surface area contributed by atoms with Gasteiger partial charge in [0, 0.05) is 18.7 Å². The van der Waals surface area contributed by atoms with Crippen LogP contribution in [-0.2, 0) is 9.53 Å². The molecule has 1 aromatic heterocycles. The van der Waals surface area contributed by atoms with Crippen LogP contribution >= 0.6 is 11.8 Å². The van der Waals surface area contributed by atoms with Crippen molar-refractivity contribution in [1.82, 2.24) is 15.1 Å². The summed E-state index contributed by atoms with van der Waals surface area (Å²) in [4.78, 5) is 14.2. The van der Waals surface area contributed by atoms with Crippen LogP contribution in [0.3, 0.4) is 0 Å². The van der Waals surface area contributed by atoms with E-state index in [1.165, 1.54) is 22.9 Å². The predicted molar refractivity (Wildman–Crippen MR) is 96.5 cm³/mol. The van der Waals surface area contributed by atoms with Crippen molar-refractivity contribution >= 4 is 17.7 Å². The minimum atomic E-state index is 0.0671. The number of aryl methyl sites for hydroxylation is 2. The molecule has 1 fully saturated rings. The molecule has 6 nitrogen and oxygen atoms in total. The Morgan fingerprint density at radius 1 is 1.20 bits per heavy atom. The molecule has 25 heavy (non-hydrogen) atoms. The second-order valence-electron chi connectivity index (χ2n) is 6.52. The summed E-state index contributed by atoms with van der Waals surface area (Å²) in [7, 11) is 0. The van der Waals surface area contributed by atoms with Crippen molar-refractivity contribution in [3.8, 4) is 11.5 Å². The van der Waals surface area contributed by atoms with Gasteiger partial charge in [-0.25, -0.2) is 0 Å².